The van der Waals surface area contributed by atoms with Gasteiger partial charge in [0.1, 0.15) is 17.2 Å². The summed E-state index contributed by atoms with van der Waals surface area (Å²) in [5.74, 6) is 3.20. The number of aliphatic imine (C=N–C) groups is 1. The number of benzene rings is 1. The molecular weight excluding hydrogens is 384 g/mol. The highest BCUT2D eigenvalue weighted by molar-refractivity contribution is 5.79. The summed E-state index contributed by atoms with van der Waals surface area (Å²) < 4.78 is 16.0. The minimum Gasteiger partial charge on any atom is -0.497 e. The Morgan fingerprint density at radius 3 is 2.77 bits per heavy atom. The zero-order valence-corrected chi connectivity index (χ0v) is 17.4. The molecule has 3 aromatic rings. The minimum absolute atomic E-state index is 0.415. The number of aromatic nitrogens is 3. The van der Waals surface area contributed by atoms with E-state index in [1.807, 2.05) is 43.3 Å². The van der Waals surface area contributed by atoms with E-state index in [0.29, 0.717) is 42.9 Å². The van der Waals surface area contributed by atoms with Crippen LogP contribution >= 0.6 is 0 Å². The Hall–Kier alpha value is -3.62. The van der Waals surface area contributed by atoms with Crippen LogP contribution < -0.4 is 20.1 Å². The van der Waals surface area contributed by atoms with Gasteiger partial charge in [0.25, 0.3) is 5.89 Å². The zero-order chi connectivity index (χ0) is 21.2. The fourth-order valence-electron chi connectivity index (χ4n) is 2.73. The number of nitrogens with one attached hydrogen (secondary N) is 2. The van der Waals surface area contributed by atoms with Crippen molar-refractivity contribution in [2.24, 2.45) is 4.99 Å². The molecule has 0 unspecified atom stereocenters. The molecule has 0 spiro atoms. The second kappa shape index (κ2) is 10.8. The molecule has 0 bridgehead atoms. The molecule has 0 aliphatic heterocycles. The second-order valence-corrected chi connectivity index (χ2v) is 6.28. The molecule has 9 nitrogen and oxygen atoms in total. The van der Waals surface area contributed by atoms with E-state index < -0.39 is 0 Å². The molecule has 9 heteroatoms. The largest absolute Gasteiger partial charge is 0.497 e. The minimum atomic E-state index is 0.415. The van der Waals surface area contributed by atoms with Crippen LogP contribution in [0, 0.1) is 0 Å². The predicted molar refractivity (Wildman–Crippen MR) is 114 cm³/mol. The third kappa shape index (κ3) is 5.69. The zero-order valence-electron chi connectivity index (χ0n) is 17.4. The monoisotopic (exact) mass is 410 g/mol. The predicted octanol–water partition coefficient (Wildman–Crippen LogP) is 2.45. The van der Waals surface area contributed by atoms with Crippen LogP contribution in [0.3, 0.4) is 0 Å². The number of rotatable bonds is 9. The van der Waals surface area contributed by atoms with Gasteiger partial charge in [-0.25, -0.2) is 4.99 Å². The van der Waals surface area contributed by atoms with Crippen LogP contribution in [0.1, 0.15) is 18.3 Å². The van der Waals surface area contributed by atoms with Crippen LogP contribution in [0.15, 0.2) is 52.1 Å². The van der Waals surface area contributed by atoms with Crippen molar-refractivity contribution in [2.45, 2.75) is 19.9 Å². The van der Waals surface area contributed by atoms with Gasteiger partial charge in [-0.3, -0.25) is 4.98 Å². The van der Waals surface area contributed by atoms with Gasteiger partial charge < -0.3 is 24.6 Å². The quantitative estimate of drug-likeness (QED) is 0.409. The summed E-state index contributed by atoms with van der Waals surface area (Å²) in [5, 5.41) is 10.5. The van der Waals surface area contributed by atoms with Gasteiger partial charge in [0, 0.05) is 37.3 Å². The van der Waals surface area contributed by atoms with Crippen LogP contribution in [-0.2, 0) is 13.0 Å². The Labute approximate surface area is 175 Å². The van der Waals surface area contributed by atoms with E-state index in [1.54, 1.807) is 20.4 Å². The third-order valence-electron chi connectivity index (χ3n) is 4.24. The first-order chi connectivity index (χ1) is 14.7. The fourth-order valence-corrected chi connectivity index (χ4v) is 2.73. The molecule has 0 atom stereocenters. The van der Waals surface area contributed by atoms with E-state index in [1.165, 1.54) is 0 Å². The lowest BCUT2D eigenvalue weighted by atomic mass is 10.2. The number of ether oxygens (including phenoxy) is 2. The summed E-state index contributed by atoms with van der Waals surface area (Å²) >= 11 is 0. The maximum atomic E-state index is 5.44. The molecule has 2 aromatic heterocycles. The summed E-state index contributed by atoms with van der Waals surface area (Å²) in [4.78, 5) is 13.2. The second-order valence-electron chi connectivity index (χ2n) is 6.28. The third-order valence-corrected chi connectivity index (χ3v) is 4.24. The maximum Gasteiger partial charge on any atom is 0.276 e. The molecule has 158 valence electrons. The number of guanidine groups is 1. The van der Waals surface area contributed by atoms with Crippen molar-refractivity contribution in [1.29, 1.82) is 0 Å². The Morgan fingerprint density at radius 1 is 1.13 bits per heavy atom. The topological polar surface area (TPSA) is 107 Å². The number of hydrogen-bond acceptors (Lipinski definition) is 7. The molecular formula is C21H26N6O3. The normalized spacial score (nSPS) is 11.2. The molecule has 0 saturated heterocycles. The standard InChI is InChI=1S/C21H26N6O3/c1-4-22-21(25-14-15-8-9-16(28-2)13-18(15)29-3)24-12-10-19-26-20(30-27-19)17-7-5-6-11-23-17/h5-9,11,13H,4,10,12,14H2,1-3H3,(H2,22,24,25). The average molecular weight is 410 g/mol. The molecule has 0 aliphatic rings. The van der Waals surface area contributed by atoms with Crippen molar-refractivity contribution in [3.05, 3.63) is 54.0 Å². The van der Waals surface area contributed by atoms with E-state index in [2.05, 4.69) is 30.8 Å². The smallest absolute Gasteiger partial charge is 0.276 e. The van der Waals surface area contributed by atoms with Gasteiger partial charge in [-0.1, -0.05) is 11.2 Å². The lowest BCUT2D eigenvalue weighted by Crippen LogP contribution is -2.38. The van der Waals surface area contributed by atoms with Crippen LogP contribution in [0.25, 0.3) is 11.6 Å². The summed E-state index contributed by atoms with van der Waals surface area (Å²) in [6.07, 6.45) is 2.28. The van der Waals surface area contributed by atoms with E-state index in [0.717, 1.165) is 23.6 Å². The number of pyridine rings is 1. The molecule has 0 aliphatic carbocycles. The van der Waals surface area contributed by atoms with Gasteiger partial charge in [0.2, 0.25) is 0 Å². The number of hydrogen-bond donors (Lipinski definition) is 2. The molecule has 2 heterocycles. The Bertz CT molecular complexity index is 958. The van der Waals surface area contributed by atoms with Gasteiger partial charge in [-0.05, 0) is 31.2 Å². The summed E-state index contributed by atoms with van der Waals surface area (Å²) in [5.41, 5.74) is 1.63. The van der Waals surface area contributed by atoms with Crippen molar-refractivity contribution in [2.75, 3.05) is 27.3 Å². The molecule has 30 heavy (non-hydrogen) atoms. The van der Waals surface area contributed by atoms with Crippen molar-refractivity contribution in [1.82, 2.24) is 25.8 Å². The molecule has 3 rings (SSSR count). The van der Waals surface area contributed by atoms with Crippen LogP contribution in [0.5, 0.6) is 11.5 Å². The Kier molecular flexibility index (Phi) is 7.59. The first-order valence-corrected chi connectivity index (χ1v) is 9.70. The number of nitrogens with zero attached hydrogens (tertiary/aromatic N) is 4. The van der Waals surface area contributed by atoms with Gasteiger partial charge in [0.05, 0.1) is 20.8 Å². The van der Waals surface area contributed by atoms with Crippen molar-refractivity contribution >= 4 is 5.96 Å². The van der Waals surface area contributed by atoms with Crippen LogP contribution in [-0.4, -0.2) is 48.4 Å². The highest BCUT2D eigenvalue weighted by Gasteiger charge is 2.10. The SMILES string of the molecule is CCNC(=NCc1ccc(OC)cc1OC)NCCc1noc(-c2ccccn2)n1. The van der Waals surface area contributed by atoms with Gasteiger partial charge in [0.15, 0.2) is 11.8 Å². The van der Waals surface area contributed by atoms with Gasteiger partial charge >= 0.3 is 0 Å². The lowest BCUT2D eigenvalue weighted by Gasteiger charge is -2.12. The lowest BCUT2D eigenvalue weighted by molar-refractivity contribution is 0.391. The Balaban J connectivity index is 1.58. The van der Waals surface area contributed by atoms with Crippen molar-refractivity contribution in [3.63, 3.8) is 0 Å². The first kappa shape index (κ1) is 21.1. The molecule has 0 saturated carbocycles. The molecule has 0 amide bonds. The maximum absolute atomic E-state index is 5.44. The highest BCUT2D eigenvalue weighted by Crippen LogP contribution is 2.25. The first-order valence-electron chi connectivity index (χ1n) is 9.70. The average Bonchev–Trinajstić information content (AvgIpc) is 3.27. The summed E-state index contributed by atoms with van der Waals surface area (Å²) in [6.45, 7) is 3.84. The summed E-state index contributed by atoms with van der Waals surface area (Å²) in [7, 11) is 3.26. The van der Waals surface area contributed by atoms with Gasteiger partial charge in [-0.2, -0.15) is 4.98 Å². The van der Waals surface area contributed by atoms with Crippen molar-refractivity contribution in [3.8, 4) is 23.1 Å². The van der Waals surface area contributed by atoms with E-state index in [9.17, 15) is 0 Å². The Morgan fingerprint density at radius 2 is 2.03 bits per heavy atom. The highest BCUT2D eigenvalue weighted by atomic mass is 16.5. The molecule has 0 fully saturated rings. The number of methoxy groups -OCH3 is 2. The van der Waals surface area contributed by atoms with E-state index in [-0.39, 0.29) is 0 Å². The van der Waals surface area contributed by atoms with E-state index in [4.69, 9.17) is 14.0 Å². The summed E-state index contributed by atoms with van der Waals surface area (Å²) in [6, 6.07) is 11.2. The van der Waals surface area contributed by atoms with Crippen LogP contribution in [0.2, 0.25) is 0 Å². The van der Waals surface area contributed by atoms with Crippen LogP contribution in [0.4, 0.5) is 0 Å². The molecule has 1 aromatic carbocycles. The molecule has 0 radical (unpaired) electrons. The van der Waals surface area contributed by atoms with Gasteiger partial charge in [-0.15, -0.1) is 0 Å². The molecule has 2 N–H and O–H groups in total. The van der Waals surface area contributed by atoms with E-state index >= 15 is 0 Å². The van der Waals surface area contributed by atoms with Crippen molar-refractivity contribution < 1.29 is 14.0 Å². The fraction of sp³-hybridized carbons (Fsp3) is 0.333.